The Morgan fingerprint density at radius 2 is 1.60 bits per heavy atom. The van der Waals surface area contributed by atoms with Crippen LogP contribution in [0.4, 0.5) is 0 Å². The van der Waals surface area contributed by atoms with E-state index >= 15 is 0 Å². The number of likely N-dealkylation sites (tertiary alicyclic amines) is 1. The van der Waals surface area contributed by atoms with Gasteiger partial charge in [0.1, 0.15) is 0 Å². The second-order valence-electron chi connectivity index (χ2n) is 7.45. The van der Waals surface area contributed by atoms with E-state index in [2.05, 4.69) is 5.32 Å². The largest absolute Gasteiger partial charge is 0.345 e. The number of hydrogen-bond acceptors (Lipinski definition) is 3. The minimum Gasteiger partial charge on any atom is -0.345 e. The van der Waals surface area contributed by atoms with Gasteiger partial charge in [0, 0.05) is 24.0 Å². The van der Waals surface area contributed by atoms with Crippen molar-refractivity contribution in [2.75, 3.05) is 13.1 Å². The summed E-state index contributed by atoms with van der Waals surface area (Å²) in [6, 6.07) is 21.0. The Bertz CT molecular complexity index is 982. The van der Waals surface area contributed by atoms with Crippen LogP contribution in [-0.4, -0.2) is 29.8 Å². The van der Waals surface area contributed by atoms with Crippen LogP contribution in [0.2, 0.25) is 5.02 Å². The van der Waals surface area contributed by atoms with Gasteiger partial charge in [-0.2, -0.15) is 0 Å². The summed E-state index contributed by atoms with van der Waals surface area (Å²) in [6.45, 7) is 1.21. The molecule has 1 N–H and O–H groups in total. The molecule has 1 unspecified atom stereocenters. The Kier molecular flexibility index (Phi) is 6.50. The number of carbonyl (C=O) groups excluding carboxylic acids is 2. The lowest BCUT2D eigenvalue weighted by Gasteiger charge is -2.32. The first-order valence-electron chi connectivity index (χ1n) is 10.1. The van der Waals surface area contributed by atoms with Gasteiger partial charge < -0.3 is 10.2 Å². The van der Waals surface area contributed by atoms with Gasteiger partial charge >= 0.3 is 0 Å². The average molecular weight is 439 g/mol. The zero-order chi connectivity index (χ0) is 20.9. The molecule has 0 saturated carbocycles. The molecule has 2 amide bonds. The Balaban J connectivity index is 1.43. The summed E-state index contributed by atoms with van der Waals surface area (Å²) < 4.78 is 0. The number of carbonyl (C=O) groups is 2. The molecule has 0 bridgehead atoms. The van der Waals surface area contributed by atoms with Crippen LogP contribution >= 0.6 is 22.9 Å². The molecule has 4 nitrogen and oxygen atoms in total. The zero-order valence-corrected chi connectivity index (χ0v) is 18.0. The molecule has 2 heterocycles. The molecule has 30 heavy (non-hydrogen) atoms. The third-order valence-corrected chi connectivity index (χ3v) is 6.62. The van der Waals surface area contributed by atoms with Crippen LogP contribution in [-0.2, 0) is 4.79 Å². The normalized spacial score (nSPS) is 15.6. The maximum atomic E-state index is 13.1. The van der Waals surface area contributed by atoms with Gasteiger partial charge in [0.05, 0.1) is 10.9 Å². The topological polar surface area (TPSA) is 49.4 Å². The van der Waals surface area contributed by atoms with Crippen molar-refractivity contribution in [3.63, 3.8) is 0 Å². The fourth-order valence-electron chi connectivity index (χ4n) is 3.82. The van der Waals surface area contributed by atoms with Gasteiger partial charge in [0.25, 0.3) is 5.91 Å². The van der Waals surface area contributed by atoms with E-state index in [4.69, 9.17) is 11.6 Å². The van der Waals surface area contributed by atoms with Crippen molar-refractivity contribution in [3.05, 3.63) is 93.1 Å². The molecule has 0 radical (unpaired) electrons. The highest BCUT2D eigenvalue weighted by molar-refractivity contribution is 7.12. The van der Waals surface area contributed by atoms with Gasteiger partial charge in [-0.1, -0.05) is 60.1 Å². The summed E-state index contributed by atoms with van der Waals surface area (Å²) in [7, 11) is 0. The third kappa shape index (κ3) is 4.74. The smallest absolute Gasteiger partial charge is 0.263 e. The monoisotopic (exact) mass is 438 g/mol. The van der Waals surface area contributed by atoms with Gasteiger partial charge in [-0.05, 0) is 47.5 Å². The fraction of sp³-hybridized carbons (Fsp3) is 0.250. The SMILES string of the molecule is O=C(NC(c1ccccc1)c1ccc(Cl)cc1)C1CCN(C(=O)c2cccs2)CC1. The molecule has 3 aromatic rings. The lowest BCUT2D eigenvalue weighted by atomic mass is 9.93. The van der Waals surface area contributed by atoms with E-state index in [9.17, 15) is 9.59 Å². The summed E-state index contributed by atoms with van der Waals surface area (Å²) in [5, 5.41) is 5.80. The Hall–Kier alpha value is -2.63. The van der Waals surface area contributed by atoms with Crippen molar-refractivity contribution in [1.29, 1.82) is 0 Å². The van der Waals surface area contributed by atoms with Crippen molar-refractivity contribution < 1.29 is 9.59 Å². The highest BCUT2D eigenvalue weighted by atomic mass is 35.5. The van der Waals surface area contributed by atoms with Crippen molar-refractivity contribution in [2.24, 2.45) is 5.92 Å². The van der Waals surface area contributed by atoms with Gasteiger partial charge in [-0.15, -0.1) is 11.3 Å². The van der Waals surface area contributed by atoms with Crippen molar-refractivity contribution in [2.45, 2.75) is 18.9 Å². The first-order chi connectivity index (χ1) is 14.6. The minimum absolute atomic E-state index is 0.0297. The number of piperidine rings is 1. The molecule has 1 fully saturated rings. The molecule has 154 valence electrons. The van der Waals surface area contributed by atoms with Gasteiger partial charge in [0.2, 0.25) is 5.91 Å². The lowest BCUT2D eigenvalue weighted by Crippen LogP contribution is -2.43. The van der Waals surface area contributed by atoms with Gasteiger partial charge in [-0.25, -0.2) is 0 Å². The molecular formula is C24H23ClN2O2S. The molecule has 1 atom stereocenters. The van der Waals surface area contributed by atoms with E-state index < -0.39 is 0 Å². The quantitative estimate of drug-likeness (QED) is 0.598. The van der Waals surface area contributed by atoms with Crippen LogP contribution in [0.5, 0.6) is 0 Å². The van der Waals surface area contributed by atoms with Crippen molar-refractivity contribution in [3.8, 4) is 0 Å². The number of nitrogens with one attached hydrogen (secondary N) is 1. The average Bonchev–Trinajstić information content (AvgIpc) is 3.33. The molecule has 0 spiro atoms. The minimum atomic E-state index is -0.234. The second kappa shape index (κ2) is 9.45. The van der Waals surface area contributed by atoms with Crippen LogP contribution in [0.15, 0.2) is 72.1 Å². The summed E-state index contributed by atoms with van der Waals surface area (Å²) in [5.74, 6) is -0.00916. The molecular weight excluding hydrogens is 416 g/mol. The molecule has 0 aliphatic carbocycles. The number of thiophene rings is 1. The van der Waals surface area contributed by atoms with Crippen LogP contribution in [0.1, 0.15) is 39.7 Å². The molecule has 1 aliphatic rings. The number of nitrogens with zero attached hydrogens (tertiary/aromatic N) is 1. The molecule has 1 aromatic heterocycles. The fourth-order valence-corrected chi connectivity index (χ4v) is 4.64. The van der Waals surface area contributed by atoms with Crippen LogP contribution in [0, 0.1) is 5.92 Å². The third-order valence-electron chi connectivity index (χ3n) is 5.51. The maximum Gasteiger partial charge on any atom is 0.263 e. The van der Waals surface area contributed by atoms with Crippen molar-refractivity contribution >= 4 is 34.8 Å². The number of halogens is 1. The van der Waals surface area contributed by atoms with Gasteiger partial charge in [0.15, 0.2) is 0 Å². The van der Waals surface area contributed by atoms with Crippen LogP contribution in [0.25, 0.3) is 0 Å². The zero-order valence-electron chi connectivity index (χ0n) is 16.5. The summed E-state index contributed by atoms with van der Waals surface area (Å²) in [6.07, 6.45) is 1.34. The molecule has 1 saturated heterocycles. The predicted octanol–water partition coefficient (Wildman–Crippen LogP) is 5.16. The molecule has 2 aromatic carbocycles. The number of rotatable bonds is 5. The molecule has 6 heteroatoms. The first-order valence-corrected chi connectivity index (χ1v) is 11.3. The number of hydrogen-bond donors (Lipinski definition) is 1. The maximum absolute atomic E-state index is 13.1. The van der Waals surface area contributed by atoms with Crippen molar-refractivity contribution in [1.82, 2.24) is 10.2 Å². The van der Waals surface area contributed by atoms with Crippen LogP contribution in [0.3, 0.4) is 0 Å². The van der Waals surface area contributed by atoms with E-state index in [1.807, 2.05) is 77.0 Å². The summed E-state index contributed by atoms with van der Waals surface area (Å²) in [5.41, 5.74) is 2.02. The highest BCUT2D eigenvalue weighted by Crippen LogP contribution is 2.26. The van der Waals surface area contributed by atoms with E-state index in [-0.39, 0.29) is 23.8 Å². The standard InChI is InChI=1S/C24H23ClN2O2S/c25-20-10-8-18(9-11-20)22(17-5-2-1-3-6-17)26-23(28)19-12-14-27(15-13-19)24(29)21-7-4-16-30-21/h1-11,16,19,22H,12-15H2,(H,26,28). The van der Waals surface area contributed by atoms with Gasteiger partial charge in [-0.3, -0.25) is 9.59 Å². The Morgan fingerprint density at radius 1 is 0.933 bits per heavy atom. The first kappa shape index (κ1) is 20.6. The lowest BCUT2D eigenvalue weighted by molar-refractivity contribution is -0.126. The Morgan fingerprint density at radius 3 is 2.23 bits per heavy atom. The van der Waals surface area contributed by atoms with E-state index in [1.54, 1.807) is 0 Å². The molecule has 4 rings (SSSR count). The molecule has 1 aliphatic heterocycles. The van der Waals surface area contributed by atoms with Crippen LogP contribution < -0.4 is 5.32 Å². The predicted molar refractivity (Wildman–Crippen MR) is 121 cm³/mol. The Labute approximate surface area is 185 Å². The van der Waals surface area contributed by atoms with E-state index in [0.717, 1.165) is 16.0 Å². The second-order valence-corrected chi connectivity index (χ2v) is 8.83. The number of benzene rings is 2. The highest BCUT2D eigenvalue weighted by Gasteiger charge is 2.29. The summed E-state index contributed by atoms with van der Waals surface area (Å²) in [4.78, 5) is 28.2. The van der Waals surface area contributed by atoms with E-state index in [0.29, 0.717) is 31.0 Å². The van der Waals surface area contributed by atoms with E-state index in [1.165, 1.54) is 11.3 Å². The summed E-state index contributed by atoms with van der Waals surface area (Å²) >= 11 is 7.50. The number of amides is 2.